The molecule has 2 rings (SSSR count). The van der Waals surface area contributed by atoms with Crippen LogP contribution in [0.5, 0.6) is 0 Å². The van der Waals surface area contributed by atoms with E-state index in [0.717, 1.165) is 6.42 Å². The maximum absolute atomic E-state index is 5.30. The van der Waals surface area contributed by atoms with Gasteiger partial charge < -0.3 is 14.2 Å². The third-order valence-corrected chi connectivity index (χ3v) is 2.58. The van der Waals surface area contributed by atoms with E-state index in [1.165, 1.54) is 12.8 Å². The lowest BCUT2D eigenvalue weighted by atomic mass is 10.1. The van der Waals surface area contributed by atoms with E-state index in [0.29, 0.717) is 18.3 Å². The third kappa shape index (κ3) is 1.97. The van der Waals surface area contributed by atoms with Gasteiger partial charge in [-0.1, -0.05) is 0 Å². The van der Waals surface area contributed by atoms with Crippen molar-refractivity contribution in [3.8, 4) is 0 Å². The van der Waals surface area contributed by atoms with E-state index in [9.17, 15) is 0 Å². The third-order valence-electron chi connectivity index (χ3n) is 2.58. The summed E-state index contributed by atoms with van der Waals surface area (Å²) < 4.78 is 15.5. The minimum absolute atomic E-state index is 0.0857. The number of epoxide rings is 2. The number of hydrogen-bond donors (Lipinski definition) is 0. The minimum atomic E-state index is 0.0857. The molecule has 0 spiro atoms. The second-order valence-electron chi connectivity index (χ2n) is 3.59. The van der Waals surface area contributed by atoms with Crippen molar-refractivity contribution in [2.45, 2.75) is 50.8 Å². The maximum Gasteiger partial charge on any atom is 0.184 e. The van der Waals surface area contributed by atoms with E-state index in [-0.39, 0.29) is 6.29 Å². The molecule has 2 aliphatic heterocycles. The van der Waals surface area contributed by atoms with Crippen molar-refractivity contribution in [1.29, 1.82) is 0 Å². The zero-order chi connectivity index (χ0) is 8.55. The molecule has 2 heterocycles. The summed E-state index contributed by atoms with van der Waals surface area (Å²) in [6.45, 7) is 2.12. The quantitative estimate of drug-likeness (QED) is 0.586. The molecule has 0 amide bonds. The van der Waals surface area contributed by atoms with E-state index in [4.69, 9.17) is 14.2 Å². The van der Waals surface area contributed by atoms with E-state index in [1.54, 1.807) is 7.11 Å². The fourth-order valence-corrected chi connectivity index (χ4v) is 1.59. The van der Waals surface area contributed by atoms with Gasteiger partial charge in [-0.2, -0.15) is 0 Å². The van der Waals surface area contributed by atoms with Crippen molar-refractivity contribution < 1.29 is 14.2 Å². The van der Waals surface area contributed by atoms with Gasteiger partial charge in [-0.15, -0.1) is 0 Å². The molecule has 3 heteroatoms. The van der Waals surface area contributed by atoms with Crippen molar-refractivity contribution in [1.82, 2.24) is 0 Å². The molecule has 70 valence electrons. The van der Waals surface area contributed by atoms with Crippen LogP contribution in [-0.2, 0) is 14.2 Å². The average Bonchev–Trinajstić information content (AvgIpc) is 2.92. The van der Waals surface area contributed by atoms with Crippen LogP contribution in [0.3, 0.4) is 0 Å². The molecule has 3 nitrogen and oxygen atoms in total. The topological polar surface area (TPSA) is 34.3 Å². The van der Waals surface area contributed by atoms with Crippen LogP contribution in [0.15, 0.2) is 0 Å². The van der Waals surface area contributed by atoms with Crippen LogP contribution in [-0.4, -0.2) is 31.7 Å². The zero-order valence-corrected chi connectivity index (χ0v) is 7.66. The molecule has 0 aromatic rings. The Balaban J connectivity index is 1.48. The SMILES string of the molecule is COC1OC1CCCC1OC1C. The summed E-state index contributed by atoms with van der Waals surface area (Å²) in [5.74, 6) is 0. The molecule has 0 saturated carbocycles. The Kier molecular flexibility index (Phi) is 2.35. The number of hydrogen-bond acceptors (Lipinski definition) is 3. The monoisotopic (exact) mass is 172 g/mol. The highest BCUT2D eigenvalue weighted by Crippen LogP contribution is 2.31. The largest absolute Gasteiger partial charge is 0.370 e. The fourth-order valence-electron chi connectivity index (χ4n) is 1.59. The lowest BCUT2D eigenvalue weighted by Crippen LogP contribution is -1.97. The summed E-state index contributed by atoms with van der Waals surface area (Å²) in [5.41, 5.74) is 0. The molecule has 2 saturated heterocycles. The van der Waals surface area contributed by atoms with Crippen LogP contribution in [0.1, 0.15) is 26.2 Å². The van der Waals surface area contributed by atoms with Gasteiger partial charge in [0.05, 0.1) is 12.2 Å². The van der Waals surface area contributed by atoms with E-state index in [1.807, 2.05) is 0 Å². The van der Waals surface area contributed by atoms with Gasteiger partial charge in [0.25, 0.3) is 0 Å². The van der Waals surface area contributed by atoms with E-state index < -0.39 is 0 Å². The highest BCUT2D eigenvalue weighted by atomic mass is 16.8. The molecule has 0 N–H and O–H groups in total. The molecular formula is C9H16O3. The highest BCUT2D eigenvalue weighted by Gasteiger charge is 2.39. The van der Waals surface area contributed by atoms with Crippen molar-refractivity contribution in [3.63, 3.8) is 0 Å². The van der Waals surface area contributed by atoms with Gasteiger partial charge in [0.2, 0.25) is 0 Å². The van der Waals surface area contributed by atoms with E-state index >= 15 is 0 Å². The first-order chi connectivity index (χ1) is 5.81. The molecule has 0 bridgehead atoms. The Morgan fingerprint density at radius 3 is 2.33 bits per heavy atom. The normalized spacial score (nSPS) is 44.5. The highest BCUT2D eigenvalue weighted by molar-refractivity contribution is 4.82. The van der Waals surface area contributed by atoms with Crippen molar-refractivity contribution in [2.24, 2.45) is 0 Å². The van der Waals surface area contributed by atoms with Gasteiger partial charge >= 0.3 is 0 Å². The summed E-state index contributed by atoms with van der Waals surface area (Å²) in [7, 11) is 1.69. The first kappa shape index (κ1) is 8.48. The molecule has 2 fully saturated rings. The smallest absolute Gasteiger partial charge is 0.184 e. The minimum Gasteiger partial charge on any atom is -0.370 e. The standard InChI is InChI=1S/C9H16O3/c1-6-7(11-6)4-3-5-8-9(10-2)12-8/h6-9H,3-5H2,1-2H3. The molecule has 2 aliphatic rings. The zero-order valence-electron chi connectivity index (χ0n) is 7.66. The Bertz CT molecular complexity index is 160. The predicted molar refractivity (Wildman–Crippen MR) is 43.9 cm³/mol. The van der Waals surface area contributed by atoms with Crippen LogP contribution in [0.25, 0.3) is 0 Å². The summed E-state index contributed by atoms with van der Waals surface area (Å²) in [6.07, 6.45) is 4.97. The molecule has 12 heavy (non-hydrogen) atoms. The first-order valence-electron chi connectivity index (χ1n) is 4.65. The summed E-state index contributed by atoms with van der Waals surface area (Å²) in [5, 5.41) is 0. The molecule has 0 aromatic heterocycles. The van der Waals surface area contributed by atoms with Crippen LogP contribution in [0.4, 0.5) is 0 Å². The summed E-state index contributed by atoms with van der Waals surface area (Å²) in [4.78, 5) is 0. The molecule has 0 aromatic carbocycles. The van der Waals surface area contributed by atoms with Gasteiger partial charge in [-0.05, 0) is 26.2 Å². The van der Waals surface area contributed by atoms with Gasteiger partial charge in [0, 0.05) is 7.11 Å². The van der Waals surface area contributed by atoms with Crippen LogP contribution >= 0.6 is 0 Å². The average molecular weight is 172 g/mol. The Labute approximate surface area is 73.0 Å². The second-order valence-corrected chi connectivity index (χ2v) is 3.59. The number of methoxy groups -OCH3 is 1. The Hall–Kier alpha value is -0.120. The summed E-state index contributed by atoms with van der Waals surface area (Å²) >= 11 is 0. The molecule has 4 atom stereocenters. The molecule has 4 unspecified atom stereocenters. The number of ether oxygens (including phenoxy) is 3. The summed E-state index contributed by atoms with van der Waals surface area (Å²) in [6, 6.07) is 0. The van der Waals surface area contributed by atoms with Gasteiger partial charge in [0.15, 0.2) is 6.29 Å². The molecular weight excluding hydrogens is 156 g/mol. The fraction of sp³-hybridized carbons (Fsp3) is 1.00. The Morgan fingerprint density at radius 1 is 1.17 bits per heavy atom. The first-order valence-corrected chi connectivity index (χ1v) is 4.65. The van der Waals surface area contributed by atoms with Crippen molar-refractivity contribution in [2.75, 3.05) is 7.11 Å². The molecule has 0 radical (unpaired) electrons. The Morgan fingerprint density at radius 2 is 1.83 bits per heavy atom. The lowest BCUT2D eigenvalue weighted by Gasteiger charge is -1.93. The van der Waals surface area contributed by atoms with Gasteiger partial charge in [-0.3, -0.25) is 0 Å². The molecule has 0 aliphatic carbocycles. The number of rotatable bonds is 5. The predicted octanol–water partition coefficient (Wildman–Crippen LogP) is 1.32. The second kappa shape index (κ2) is 3.32. The lowest BCUT2D eigenvalue weighted by molar-refractivity contribution is 0.0950. The van der Waals surface area contributed by atoms with E-state index in [2.05, 4.69) is 6.92 Å². The van der Waals surface area contributed by atoms with Crippen molar-refractivity contribution in [3.05, 3.63) is 0 Å². The van der Waals surface area contributed by atoms with Crippen molar-refractivity contribution >= 4 is 0 Å². The van der Waals surface area contributed by atoms with Gasteiger partial charge in [-0.25, -0.2) is 0 Å². The van der Waals surface area contributed by atoms with Crippen LogP contribution in [0.2, 0.25) is 0 Å². The van der Waals surface area contributed by atoms with Crippen LogP contribution < -0.4 is 0 Å². The van der Waals surface area contributed by atoms with Crippen LogP contribution in [0, 0.1) is 0 Å². The van der Waals surface area contributed by atoms with Gasteiger partial charge in [0.1, 0.15) is 6.10 Å². The maximum atomic E-state index is 5.30.